The average Bonchev–Trinajstić information content (AvgIpc) is 3.53. The summed E-state index contributed by atoms with van der Waals surface area (Å²) >= 11 is 6.15. The molecule has 4 heterocycles. The number of benzene rings is 2. The largest absolute Gasteiger partial charge is 0.494 e. The molecule has 5 aromatic rings. The molecule has 12 heteroatoms. The van der Waals surface area contributed by atoms with Crippen LogP contribution >= 0.6 is 11.6 Å². The fourth-order valence-electron chi connectivity index (χ4n) is 5.48. The molecule has 10 nitrogen and oxygen atoms in total. The molecule has 0 amide bonds. The first kappa shape index (κ1) is 28.1. The SMILES string of the molecule is Cc1ccc(F)c(OC[C@H](O)CNc2cc[nH]c(=O)c2-c2nc3cc4c(O)n(C5CCN(C)CC5)cc4cc3[nH]2)c1Cl. The Morgan fingerprint density at radius 2 is 2.05 bits per heavy atom. The predicted octanol–water partition coefficient (Wildman–Crippen LogP) is 4.80. The molecule has 0 radical (unpaired) electrons. The van der Waals surface area contributed by atoms with Crippen LogP contribution in [0.1, 0.15) is 24.4 Å². The summed E-state index contributed by atoms with van der Waals surface area (Å²) in [4.78, 5) is 25.8. The second-order valence-electron chi connectivity index (χ2n) is 10.9. The molecule has 5 N–H and O–H groups in total. The van der Waals surface area contributed by atoms with E-state index in [1.165, 1.54) is 12.3 Å². The summed E-state index contributed by atoms with van der Waals surface area (Å²) in [6, 6.07) is 8.46. The lowest BCUT2D eigenvalue weighted by Crippen LogP contribution is -2.31. The molecule has 0 saturated carbocycles. The fraction of sp³-hybridized carbons (Fsp3) is 0.333. The number of nitrogens with zero attached hydrogens (tertiary/aromatic N) is 3. The van der Waals surface area contributed by atoms with E-state index in [1.807, 2.05) is 22.9 Å². The van der Waals surface area contributed by atoms with Gasteiger partial charge in [0, 0.05) is 35.8 Å². The molecule has 1 aliphatic heterocycles. The monoisotopic (exact) mass is 594 g/mol. The number of aromatic hydroxyl groups is 1. The molecular formula is C30H32ClFN6O4. The maximum Gasteiger partial charge on any atom is 0.261 e. The lowest BCUT2D eigenvalue weighted by atomic mass is 10.1. The van der Waals surface area contributed by atoms with Crippen molar-refractivity contribution >= 4 is 39.1 Å². The number of hydrogen-bond donors (Lipinski definition) is 5. The molecule has 1 saturated heterocycles. The lowest BCUT2D eigenvalue weighted by molar-refractivity contribution is 0.115. The van der Waals surface area contributed by atoms with Crippen LogP contribution in [0.15, 0.2) is 47.5 Å². The van der Waals surface area contributed by atoms with Gasteiger partial charge in [0.1, 0.15) is 24.1 Å². The normalized spacial score (nSPS) is 15.5. The first-order valence-corrected chi connectivity index (χ1v) is 14.2. The van der Waals surface area contributed by atoms with Crippen LogP contribution in [0, 0.1) is 12.7 Å². The van der Waals surface area contributed by atoms with Gasteiger partial charge in [0.25, 0.3) is 5.56 Å². The Morgan fingerprint density at radius 1 is 1.26 bits per heavy atom. The minimum absolute atomic E-state index is 0.0145. The first-order chi connectivity index (χ1) is 20.2. The molecule has 0 bridgehead atoms. The summed E-state index contributed by atoms with van der Waals surface area (Å²) in [6.07, 6.45) is 4.37. The van der Waals surface area contributed by atoms with Crippen molar-refractivity contribution in [3.63, 3.8) is 0 Å². The molecule has 3 aromatic heterocycles. The molecule has 1 atom stereocenters. The molecule has 220 valence electrons. The number of aliphatic hydroxyl groups excluding tert-OH is 1. The number of likely N-dealkylation sites (tertiary alicyclic amines) is 1. The maximum absolute atomic E-state index is 14.1. The molecule has 42 heavy (non-hydrogen) atoms. The van der Waals surface area contributed by atoms with E-state index in [-0.39, 0.29) is 47.0 Å². The highest BCUT2D eigenvalue weighted by molar-refractivity contribution is 6.32. The third-order valence-corrected chi connectivity index (χ3v) is 8.36. The number of aliphatic hydroxyl groups is 1. The number of aromatic amines is 2. The number of ether oxygens (including phenoxy) is 1. The van der Waals surface area contributed by atoms with Crippen molar-refractivity contribution < 1.29 is 19.3 Å². The van der Waals surface area contributed by atoms with Gasteiger partial charge < -0.3 is 39.7 Å². The van der Waals surface area contributed by atoms with E-state index in [2.05, 4.69) is 32.2 Å². The highest BCUT2D eigenvalue weighted by atomic mass is 35.5. The zero-order valence-electron chi connectivity index (χ0n) is 23.2. The number of H-pyrrole nitrogens is 2. The topological polar surface area (TPSA) is 131 Å². The summed E-state index contributed by atoms with van der Waals surface area (Å²) in [6.45, 7) is 3.50. The molecule has 1 aliphatic rings. The van der Waals surface area contributed by atoms with Crippen LogP contribution in [-0.4, -0.2) is 74.0 Å². The summed E-state index contributed by atoms with van der Waals surface area (Å²) in [5.41, 5.74) is 2.32. The number of halogens is 2. The van der Waals surface area contributed by atoms with Crippen molar-refractivity contribution in [1.29, 1.82) is 0 Å². The van der Waals surface area contributed by atoms with Gasteiger partial charge in [-0.25, -0.2) is 9.37 Å². The number of aromatic nitrogens is 4. The average molecular weight is 595 g/mol. The van der Waals surface area contributed by atoms with Crippen molar-refractivity contribution in [3.05, 3.63) is 69.5 Å². The smallest absolute Gasteiger partial charge is 0.261 e. The third kappa shape index (κ3) is 5.31. The third-order valence-electron chi connectivity index (χ3n) is 7.89. The van der Waals surface area contributed by atoms with Crippen molar-refractivity contribution in [2.24, 2.45) is 0 Å². The highest BCUT2D eigenvalue weighted by Gasteiger charge is 2.23. The summed E-state index contributed by atoms with van der Waals surface area (Å²) < 4.78 is 21.6. The standard InChI is InChI=1S/C30H32ClFN6O4/c1-16-3-4-21(32)27(26(16)31)42-15-19(39)13-34-22-5-8-33-29(40)25(22)28-35-23-11-17-14-38(18-6-9-37(2)10-7-18)30(41)20(17)12-24(23)36-28/h3-5,8,11-12,14,18-19,39,41H,6-7,9-10,13,15H2,1-2H3,(H,35,36)(H2,33,34,40)/t19-/m1/s1. The number of fused-ring (bicyclic) bond motifs is 2. The summed E-state index contributed by atoms with van der Waals surface area (Å²) in [5, 5.41) is 26.4. The quantitative estimate of drug-likeness (QED) is 0.174. The Morgan fingerprint density at radius 3 is 2.83 bits per heavy atom. The Balaban J connectivity index is 1.22. The molecule has 0 unspecified atom stereocenters. The number of hydrogen-bond acceptors (Lipinski definition) is 7. The lowest BCUT2D eigenvalue weighted by Gasteiger charge is -2.30. The van der Waals surface area contributed by atoms with E-state index in [4.69, 9.17) is 16.3 Å². The van der Waals surface area contributed by atoms with Crippen LogP contribution < -0.4 is 15.6 Å². The van der Waals surface area contributed by atoms with E-state index >= 15 is 0 Å². The Bertz CT molecular complexity index is 1820. The molecular weight excluding hydrogens is 563 g/mol. The van der Waals surface area contributed by atoms with Gasteiger partial charge in [-0.1, -0.05) is 17.7 Å². The van der Waals surface area contributed by atoms with Gasteiger partial charge in [0.2, 0.25) is 0 Å². The Kier molecular flexibility index (Phi) is 7.56. The van der Waals surface area contributed by atoms with Gasteiger partial charge in [0.15, 0.2) is 17.4 Å². The van der Waals surface area contributed by atoms with Crippen molar-refractivity contribution in [3.8, 4) is 23.0 Å². The molecule has 0 aliphatic carbocycles. The zero-order chi connectivity index (χ0) is 29.5. The number of imidazole rings is 1. The molecule has 2 aromatic carbocycles. The second-order valence-corrected chi connectivity index (χ2v) is 11.3. The van der Waals surface area contributed by atoms with Gasteiger partial charge in [-0.2, -0.15) is 0 Å². The Hall–Kier alpha value is -4.06. The number of aryl methyl sites for hydroxylation is 1. The van der Waals surface area contributed by atoms with E-state index in [1.54, 1.807) is 19.1 Å². The minimum atomic E-state index is -1.03. The van der Waals surface area contributed by atoms with E-state index in [0.29, 0.717) is 28.0 Å². The molecule has 1 fully saturated rings. The van der Waals surface area contributed by atoms with Gasteiger partial charge in [-0.05, 0) is 69.7 Å². The fourth-order valence-corrected chi connectivity index (χ4v) is 5.69. The van der Waals surface area contributed by atoms with Gasteiger partial charge >= 0.3 is 0 Å². The second kappa shape index (κ2) is 11.3. The maximum atomic E-state index is 14.1. The van der Waals surface area contributed by atoms with E-state index in [9.17, 15) is 19.4 Å². The Labute approximate surface area is 245 Å². The van der Waals surface area contributed by atoms with Gasteiger partial charge in [0.05, 0.1) is 21.7 Å². The summed E-state index contributed by atoms with van der Waals surface area (Å²) in [5.74, 6) is -0.175. The summed E-state index contributed by atoms with van der Waals surface area (Å²) in [7, 11) is 2.11. The zero-order valence-corrected chi connectivity index (χ0v) is 24.0. The van der Waals surface area contributed by atoms with Crippen LogP contribution in [0.4, 0.5) is 10.1 Å². The number of anilines is 1. The van der Waals surface area contributed by atoms with Crippen molar-refractivity contribution in [2.45, 2.75) is 31.9 Å². The number of piperidine rings is 1. The number of nitrogens with one attached hydrogen (secondary N) is 3. The van der Waals surface area contributed by atoms with E-state index in [0.717, 1.165) is 36.8 Å². The van der Waals surface area contributed by atoms with Crippen LogP contribution in [-0.2, 0) is 0 Å². The molecule has 0 spiro atoms. The van der Waals surface area contributed by atoms with Crippen LogP contribution in [0.5, 0.6) is 11.6 Å². The van der Waals surface area contributed by atoms with Gasteiger partial charge in [-0.3, -0.25) is 4.79 Å². The predicted molar refractivity (Wildman–Crippen MR) is 161 cm³/mol. The van der Waals surface area contributed by atoms with Crippen molar-refractivity contribution in [1.82, 2.24) is 24.4 Å². The number of rotatable bonds is 8. The van der Waals surface area contributed by atoms with Crippen molar-refractivity contribution in [2.75, 3.05) is 38.6 Å². The van der Waals surface area contributed by atoms with Crippen LogP contribution in [0.2, 0.25) is 5.02 Å². The van der Waals surface area contributed by atoms with Crippen LogP contribution in [0.3, 0.4) is 0 Å². The van der Waals surface area contributed by atoms with Crippen LogP contribution in [0.25, 0.3) is 33.2 Å². The first-order valence-electron chi connectivity index (χ1n) is 13.8. The van der Waals surface area contributed by atoms with Gasteiger partial charge in [-0.15, -0.1) is 0 Å². The van der Waals surface area contributed by atoms with E-state index < -0.39 is 11.9 Å². The molecule has 6 rings (SSSR count). The highest BCUT2D eigenvalue weighted by Crippen LogP contribution is 2.36. The number of pyridine rings is 1. The minimum Gasteiger partial charge on any atom is -0.494 e.